The van der Waals surface area contributed by atoms with E-state index in [1.54, 1.807) is 18.3 Å². The lowest BCUT2D eigenvalue weighted by Crippen LogP contribution is -2.06. The Bertz CT molecular complexity index is 1180. The summed E-state index contributed by atoms with van der Waals surface area (Å²) in [4.78, 5) is 19.3. The van der Waals surface area contributed by atoms with Crippen LogP contribution in [0, 0.1) is 18.7 Å². The lowest BCUT2D eigenvalue weighted by atomic mass is 10.1. The van der Waals surface area contributed by atoms with Crippen molar-refractivity contribution in [2.24, 2.45) is 0 Å². The van der Waals surface area contributed by atoms with E-state index in [4.69, 9.17) is 4.74 Å². The van der Waals surface area contributed by atoms with Crippen LogP contribution in [0.15, 0.2) is 36.9 Å². The van der Waals surface area contributed by atoms with E-state index in [1.165, 1.54) is 19.5 Å². The standard InChI is InChI=1S/C20H18F2N6O/c1-11-17-13(7-24-19(17)27-10-26-11)5-12-3-4-16(28-18(12)22)23-8-14-6-15(21)9-25-20(14)29-2/h3-4,6-7,9-10H,5,8H2,1-2H3,(H,23,28)(H,24,26,27). The largest absolute Gasteiger partial charge is 0.481 e. The molecule has 4 rings (SSSR count). The third-order valence-electron chi connectivity index (χ3n) is 4.59. The van der Waals surface area contributed by atoms with Crippen LogP contribution in [0.5, 0.6) is 5.88 Å². The molecular formula is C20H18F2N6O. The highest BCUT2D eigenvalue weighted by Gasteiger charge is 2.13. The van der Waals surface area contributed by atoms with E-state index in [9.17, 15) is 8.78 Å². The number of fused-ring (bicyclic) bond motifs is 1. The predicted molar refractivity (Wildman–Crippen MR) is 104 cm³/mol. The predicted octanol–water partition coefficient (Wildman–Crippen LogP) is 3.55. The molecule has 29 heavy (non-hydrogen) atoms. The van der Waals surface area contributed by atoms with Gasteiger partial charge in [-0.1, -0.05) is 6.07 Å². The zero-order valence-corrected chi connectivity index (χ0v) is 15.8. The van der Waals surface area contributed by atoms with Gasteiger partial charge in [-0.3, -0.25) is 0 Å². The number of ether oxygens (including phenoxy) is 1. The summed E-state index contributed by atoms with van der Waals surface area (Å²) in [6.07, 6.45) is 4.73. The topological polar surface area (TPSA) is 88.6 Å². The number of aromatic amines is 1. The van der Waals surface area contributed by atoms with Crippen molar-refractivity contribution >= 4 is 16.9 Å². The number of nitrogens with zero attached hydrogens (tertiary/aromatic N) is 4. The molecule has 4 aromatic rings. The summed E-state index contributed by atoms with van der Waals surface area (Å²) in [5.74, 6) is -0.429. The number of halogens is 2. The Morgan fingerprint density at radius 2 is 1.97 bits per heavy atom. The van der Waals surface area contributed by atoms with Gasteiger partial charge < -0.3 is 15.0 Å². The maximum absolute atomic E-state index is 14.6. The van der Waals surface area contributed by atoms with Crippen LogP contribution in [0.1, 0.15) is 22.4 Å². The minimum Gasteiger partial charge on any atom is -0.481 e. The number of rotatable bonds is 6. The first-order valence-corrected chi connectivity index (χ1v) is 8.90. The first-order valence-electron chi connectivity index (χ1n) is 8.90. The van der Waals surface area contributed by atoms with Gasteiger partial charge in [-0.05, 0) is 24.6 Å². The van der Waals surface area contributed by atoms with Gasteiger partial charge in [0.15, 0.2) is 0 Å². The highest BCUT2D eigenvalue weighted by Crippen LogP contribution is 2.23. The van der Waals surface area contributed by atoms with E-state index >= 15 is 0 Å². The minimum atomic E-state index is -0.580. The van der Waals surface area contributed by atoms with Crippen molar-refractivity contribution in [3.63, 3.8) is 0 Å². The van der Waals surface area contributed by atoms with Gasteiger partial charge in [-0.25, -0.2) is 24.3 Å². The number of methoxy groups -OCH3 is 1. The third kappa shape index (κ3) is 3.84. The van der Waals surface area contributed by atoms with Crippen molar-refractivity contribution in [1.29, 1.82) is 0 Å². The van der Waals surface area contributed by atoms with Crippen LogP contribution in [0.2, 0.25) is 0 Å². The molecule has 0 saturated carbocycles. The lowest BCUT2D eigenvalue weighted by molar-refractivity contribution is 0.391. The highest BCUT2D eigenvalue weighted by molar-refractivity contribution is 5.82. The van der Waals surface area contributed by atoms with Gasteiger partial charge in [-0.2, -0.15) is 4.39 Å². The van der Waals surface area contributed by atoms with Crippen molar-refractivity contribution in [3.05, 3.63) is 71.1 Å². The molecule has 0 aliphatic rings. The lowest BCUT2D eigenvalue weighted by Gasteiger charge is -2.10. The van der Waals surface area contributed by atoms with Crippen LogP contribution in [0.25, 0.3) is 11.0 Å². The Morgan fingerprint density at radius 3 is 2.76 bits per heavy atom. The van der Waals surface area contributed by atoms with Crippen LogP contribution < -0.4 is 10.1 Å². The van der Waals surface area contributed by atoms with E-state index < -0.39 is 11.8 Å². The Morgan fingerprint density at radius 1 is 1.10 bits per heavy atom. The molecule has 0 aliphatic carbocycles. The number of hydrogen-bond acceptors (Lipinski definition) is 6. The molecule has 4 aromatic heterocycles. The molecule has 7 nitrogen and oxygen atoms in total. The minimum absolute atomic E-state index is 0.193. The van der Waals surface area contributed by atoms with E-state index in [-0.39, 0.29) is 6.54 Å². The molecule has 0 radical (unpaired) electrons. The van der Waals surface area contributed by atoms with Crippen LogP contribution in [-0.4, -0.2) is 32.0 Å². The zero-order valence-electron chi connectivity index (χ0n) is 15.8. The Labute approximate surface area is 165 Å². The van der Waals surface area contributed by atoms with Gasteiger partial charge in [-0.15, -0.1) is 0 Å². The number of aryl methyl sites for hydroxylation is 1. The molecule has 0 saturated heterocycles. The van der Waals surface area contributed by atoms with Crippen LogP contribution in [0.4, 0.5) is 14.6 Å². The molecular weight excluding hydrogens is 378 g/mol. The van der Waals surface area contributed by atoms with Gasteiger partial charge in [0.25, 0.3) is 0 Å². The van der Waals surface area contributed by atoms with Crippen molar-refractivity contribution in [1.82, 2.24) is 24.9 Å². The molecule has 0 aliphatic heterocycles. The fraction of sp³-hybridized carbons (Fsp3) is 0.200. The fourth-order valence-corrected chi connectivity index (χ4v) is 3.20. The van der Waals surface area contributed by atoms with Crippen LogP contribution in [0.3, 0.4) is 0 Å². The van der Waals surface area contributed by atoms with Crippen molar-refractivity contribution in [2.45, 2.75) is 19.9 Å². The first-order chi connectivity index (χ1) is 14.0. The molecule has 0 spiro atoms. The van der Waals surface area contributed by atoms with E-state index in [0.29, 0.717) is 29.2 Å². The monoisotopic (exact) mass is 396 g/mol. The van der Waals surface area contributed by atoms with Crippen molar-refractivity contribution in [3.8, 4) is 5.88 Å². The molecule has 0 aromatic carbocycles. The van der Waals surface area contributed by atoms with Gasteiger partial charge in [0, 0.05) is 35.7 Å². The second-order valence-electron chi connectivity index (χ2n) is 6.50. The summed E-state index contributed by atoms with van der Waals surface area (Å²) in [7, 11) is 1.45. The normalized spacial score (nSPS) is 11.0. The number of pyridine rings is 2. The number of hydrogen-bond donors (Lipinski definition) is 2. The molecule has 9 heteroatoms. The average molecular weight is 396 g/mol. The van der Waals surface area contributed by atoms with E-state index in [1.807, 2.05) is 6.92 Å². The molecule has 0 bridgehead atoms. The average Bonchev–Trinajstić information content (AvgIpc) is 3.12. The number of nitrogens with one attached hydrogen (secondary N) is 2. The third-order valence-corrected chi connectivity index (χ3v) is 4.59. The second-order valence-corrected chi connectivity index (χ2v) is 6.50. The molecule has 0 unspecified atom stereocenters. The quantitative estimate of drug-likeness (QED) is 0.485. The molecule has 0 atom stereocenters. The molecule has 2 N–H and O–H groups in total. The van der Waals surface area contributed by atoms with Crippen molar-refractivity contribution in [2.75, 3.05) is 12.4 Å². The van der Waals surface area contributed by atoms with Crippen LogP contribution in [-0.2, 0) is 13.0 Å². The summed E-state index contributed by atoms with van der Waals surface area (Å²) in [5.41, 5.74) is 3.40. The molecule has 0 fully saturated rings. The highest BCUT2D eigenvalue weighted by atomic mass is 19.1. The summed E-state index contributed by atoms with van der Waals surface area (Å²) in [6, 6.07) is 4.66. The SMILES string of the molecule is COc1ncc(F)cc1CNc1ccc(Cc2c[nH]c3ncnc(C)c23)c(F)n1. The smallest absolute Gasteiger partial charge is 0.218 e. The summed E-state index contributed by atoms with van der Waals surface area (Å²) >= 11 is 0. The fourth-order valence-electron chi connectivity index (χ4n) is 3.20. The van der Waals surface area contributed by atoms with Gasteiger partial charge in [0.1, 0.15) is 23.6 Å². The zero-order chi connectivity index (χ0) is 20.4. The van der Waals surface area contributed by atoms with Crippen LogP contribution >= 0.6 is 0 Å². The van der Waals surface area contributed by atoms with Gasteiger partial charge in [0.05, 0.1) is 19.0 Å². The first kappa shape index (κ1) is 18.7. The van der Waals surface area contributed by atoms with Gasteiger partial charge in [0.2, 0.25) is 11.8 Å². The Kier molecular flexibility index (Phi) is 5.03. The number of aromatic nitrogens is 5. The molecule has 148 valence electrons. The Hall–Kier alpha value is -3.62. The Balaban J connectivity index is 1.52. The second kappa shape index (κ2) is 7.78. The number of H-pyrrole nitrogens is 1. The van der Waals surface area contributed by atoms with E-state index in [2.05, 4.69) is 30.2 Å². The summed E-state index contributed by atoms with van der Waals surface area (Å²) in [5, 5.41) is 3.85. The summed E-state index contributed by atoms with van der Waals surface area (Å²) < 4.78 is 33.1. The molecule has 4 heterocycles. The molecule has 0 amide bonds. The maximum atomic E-state index is 14.6. The summed E-state index contributed by atoms with van der Waals surface area (Å²) in [6.45, 7) is 2.08. The van der Waals surface area contributed by atoms with E-state index in [0.717, 1.165) is 28.5 Å². The maximum Gasteiger partial charge on any atom is 0.218 e. The van der Waals surface area contributed by atoms with Crippen molar-refractivity contribution < 1.29 is 13.5 Å². The number of anilines is 1. The van der Waals surface area contributed by atoms with Gasteiger partial charge >= 0.3 is 0 Å².